The molecule has 1 N–H and O–H groups in total. The Kier molecular flexibility index (Phi) is 4.38. The molecule has 0 bridgehead atoms. The number of anilines is 1. The lowest BCUT2D eigenvalue weighted by Crippen LogP contribution is -2.33. The minimum atomic E-state index is -3.27. The molecule has 1 atom stereocenters. The van der Waals surface area contributed by atoms with Crippen molar-refractivity contribution in [3.05, 3.63) is 77.4 Å². The highest BCUT2D eigenvalue weighted by atomic mass is 32.2. The molecule has 1 aliphatic carbocycles. The van der Waals surface area contributed by atoms with Crippen LogP contribution in [0.2, 0.25) is 0 Å². The molecule has 158 valence electrons. The summed E-state index contributed by atoms with van der Waals surface area (Å²) in [5, 5.41) is 5.90. The second-order valence-electron chi connectivity index (χ2n) is 9.46. The minimum Gasteiger partial charge on any atom is -0.373 e. The van der Waals surface area contributed by atoms with Gasteiger partial charge in [-0.2, -0.15) is 0 Å². The van der Waals surface area contributed by atoms with E-state index in [2.05, 4.69) is 43.4 Å². The van der Waals surface area contributed by atoms with Gasteiger partial charge in [-0.05, 0) is 51.9 Å². The fourth-order valence-corrected chi connectivity index (χ4v) is 5.63. The Balaban J connectivity index is 1.74. The van der Waals surface area contributed by atoms with Crippen LogP contribution in [0.4, 0.5) is 5.69 Å². The van der Waals surface area contributed by atoms with Gasteiger partial charge < -0.3 is 5.32 Å². The zero-order chi connectivity index (χ0) is 22.0. The number of fused-ring (bicyclic) bond motifs is 4. The molecule has 0 aromatic heterocycles. The van der Waals surface area contributed by atoms with E-state index in [0.29, 0.717) is 6.42 Å². The average Bonchev–Trinajstić information content (AvgIpc) is 2.71. The van der Waals surface area contributed by atoms with Crippen molar-refractivity contribution in [1.82, 2.24) is 0 Å². The van der Waals surface area contributed by atoms with E-state index in [1.54, 1.807) is 12.1 Å². The van der Waals surface area contributed by atoms with Crippen LogP contribution >= 0.6 is 0 Å². The molecule has 5 rings (SSSR count). The molecule has 1 aliphatic heterocycles. The maximum absolute atomic E-state index is 13.4. The molecule has 2 aliphatic rings. The van der Waals surface area contributed by atoms with Crippen LogP contribution in [0.3, 0.4) is 0 Å². The quantitative estimate of drug-likeness (QED) is 0.578. The summed E-state index contributed by atoms with van der Waals surface area (Å²) < 4.78 is 23.8. The molecule has 5 heteroatoms. The summed E-state index contributed by atoms with van der Waals surface area (Å²) in [6.07, 6.45) is 2.54. The van der Waals surface area contributed by atoms with Gasteiger partial charge in [-0.1, -0.05) is 56.3 Å². The second-order valence-corrected chi connectivity index (χ2v) is 11.5. The van der Waals surface area contributed by atoms with Crippen molar-refractivity contribution in [2.75, 3.05) is 11.6 Å². The van der Waals surface area contributed by atoms with E-state index in [-0.39, 0.29) is 22.1 Å². The maximum atomic E-state index is 13.4. The van der Waals surface area contributed by atoms with Crippen LogP contribution < -0.4 is 5.32 Å². The molecule has 4 nitrogen and oxygen atoms in total. The summed E-state index contributed by atoms with van der Waals surface area (Å²) in [6.45, 7) is 4.30. The summed E-state index contributed by atoms with van der Waals surface area (Å²) >= 11 is 0. The third kappa shape index (κ3) is 3.37. The van der Waals surface area contributed by atoms with Crippen molar-refractivity contribution in [2.45, 2.75) is 37.6 Å². The molecule has 0 radical (unpaired) electrons. The monoisotopic (exact) mass is 431 g/mol. The van der Waals surface area contributed by atoms with Crippen molar-refractivity contribution < 1.29 is 13.2 Å². The van der Waals surface area contributed by atoms with Crippen LogP contribution in [0.1, 0.15) is 43.9 Å². The number of nitrogens with one attached hydrogen (secondary N) is 1. The molecule has 0 saturated heterocycles. The number of rotatable bonds is 2. The zero-order valence-electron chi connectivity index (χ0n) is 17.9. The molecule has 1 heterocycles. The van der Waals surface area contributed by atoms with Gasteiger partial charge in [-0.15, -0.1) is 0 Å². The van der Waals surface area contributed by atoms with Crippen LogP contribution in [0, 0.1) is 5.41 Å². The number of hydrogen-bond donors (Lipinski definition) is 1. The standard InChI is InChI=1S/C26H25NO3S/c1-26(2)14-20-23-19-7-5-4-6-16(19)10-13-21(23)27-25(24(20)22(28)15-26)17-8-11-18(12-9-17)31(3,29)30/h4-13,25,27H,14-15H2,1-3H3. The van der Waals surface area contributed by atoms with E-state index in [9.17, 15) is 13.2 Å². The van der Waals surface area contributed by atoms with E-state index in [1.807, 2.05) is 24.3 Å². The molecule has 3 aromatic rings. The van der Waals surface area contributed by atoms with Crippen molar-refractivity contribution in [1.29, 1.82) is 0 Å². The highest BCUT2D eigenvalue weighted by Gasteiger charge is 2.40. The van der Waals surface area contributed by atoms with Crippen molar-refractivity contribution in [2.24, 2.45) is 5.41 Å². The van der Waals surface area contributed by atoms with Gasteiger partial charge in [0.15, 0.2) is 15.6 Å². The third-order valence-electron chi connectivity index (χ3n) is 6.38. The van der Waals surface area contributed by atoms with Crippen LogP contribution in [-0.4, -0.2) is 20.5 Å². The fourth-order valence-electron chi connectivity index (χ4n) is 4.99. The predicted octanol–water partition coefficient (Wildman–Crippen LogP) is 5.55. The third-order valence-corrected chi connectivity index (χ3v) is 7.51. The molecule has 0 saturated carbocycles. The number of hydrogen-bond acceptors (Lipinski definition) is 4. The minimum absolute atomic E-state index is 0.105. The molecular weight excluding hydrogens is 406 g/mol. The van der Waals surface area contributed by atoms with Crippen LogP contribution in [0.15, 0.2) is 71.1 Å². The number of benzene rings is 3. The SMILES string of the molecule is CC1(C)CC(=O)C2=C(C1)c1c(ccc3ccccc13)NC2c1ccc(S(C)(=O)=O)cc1. The van der Waals surface area contributed by atoms with Gasteiger partial charge in [0.2, 0.25) is 0 Å². The van der Waals surface area contributed by atoms with E-state index in [4.69, 9.17) is 0 Å². The first-order valence-electron chi connectivity index (χ1n) is 10.5. The van der Waals surface area contributed by atoms with E-state index in [0.717, 1.165) is 45.2 Å². The first-order valence-corrected chi connectivity index (χ1v) is 12.4. The van der Waals surface area contributed by atoms with Crippen molar-refractivity contribution in [3.63, 3.8) is 0 Å². The molecule has 0 amide bonds. The first kappa shape index (κ1) is 20.0. The molecule has 3 aromatic carbocycles. The van der Waals surface area contributed by atoms with E-state index in [1.165, 1.54) is 6.26 Å². The lowest BCUT2D eigenvalue weighted by molar-refractivity contribution is -0.118. The van der Waals surface area contributed by atoms with Crippen molar-refractivity contribution >= 4 is 37.7 Å². The van der Waals surface area contributed by atoms with Gasteiger partial charge in [0.25, 0.3) is 0 Å². The summed E-state index contributed by atoms with van der Waals surface area (Å²) in [5.41, 5.74) is 4.86. The average molecular weight is 432 g/mol. The predicted molar refractivity (Wildman–Crippen MR) is 125 cm³/mol. The Morgan fingerprint density at radius 2 is 1.65 bits per heavy atom. The summed E-state index contributed by atoms with van der Waals surface area (Å²) in [5.74, 6) is 0.162. The number of Topliss-reactive ketones (excluding diaryl/α,β-unsaturated/α-hetero) is 1. The molecule has 0 spiro atoms. The number of carbonyl (C=O) groups is 1. The largest absolute Gasteiger partial charge is 0.373 e. The Bertz CT molecular complexity index is 1370. The summed E-state index contributed by atoms with van der Waals surface area (Å²) in [6, 6.07) is 19.1. The first-order chi connectivity index (χ1) is 14.6. The number of carbonyl (C=O) groups excluding carboxylic acids is 1. The number of sulfone groups is 1. The number of allylic oxidation sites excluding steroid dienone is 1. The van der Waals surface area contributed by atoms with Gasteiger partial charge in [-0.3, -0.25) is 4.79 Å². The van der Waals surface area contributed by atoms with Gasteiger partial charge in [-0.25, -0.2) is 8.42 Å². The Labute approximate surface area is 182 Å². The smallest absolute Gasteiger partial charge is 0.175 e. The van der Waals surface area contributed by atoms with E-state index < -0.39 is 9.84 Å². The van der Waals surface area contributed by atoms with Gasteiger partial charge in [0.05, 0.1) is 10.9 Å². The Morgan fingerprint density at radius 1 is 0.935 bits per heavy atom. The molecule has 31 heavy (non-hydrogen) atoms. The lowest BCUT2D eigenvalue weighted by Gasteiger charge is -2.40. The topological polar surface area (TPSA) is 63.2 Å². The second kappa shape index (κ2) is 6.79. The normalized spacial score (nSPS) is 20.2. The summed E-state index contributed by atoms with van der Waals surface area (Å²) in [7, 11) is -3.27. The van der Waals surface area contributed by atoms with Crippen LogP contribution in [-0.2, 0) is 14.6 Å². The zero-order valence-corrected chi connectivity index (χ0v) is 18.7. The fraction of sp³-hybridized carbons (Fsp3) is 0.269. The Morgan fingerprint density at radius 3 is 2.35 bits per heavy atom. The lowest BCUT2D eigenvalue weighted by atomic mass is 9.68. The van der Waals surface area contributed by atoms with Gasteiger partial charge >= 0.3 is 0 Å². The highest BCUT2D eigenvalue weighted by Crippen LogP contribution is 2.52. The maximum Gasteiger partial charge on any atom is 0.175 e. The van der Waals surface area contributed by atoms with Crippen LogP contribution in [0.5, 0.6) is 0 Å². The van der Waals surface area contributed by atoms with Crippen molar-refractivity contribution in [3.8, 4) is 0 Å². The highest BCUT2D eigenvalue weighted by molar-refractivity contribution is 7.90. The molecular formula is C26H25NO3S. The van der Waals surface area contributed by atoms with E-state index >= 15 is 0 Å². The van der Waals surface area contributed by atoms with Crippen LogP contribution in [0.25, 0.3) is 16.3 Å². The Hall–Kier alpha value is -2.92. The van der Waals surface area contributed by atoms with Gasteiger partial charge in [0, 0.05) is 29.5 Å². The number of ketones is 1. The molecule has 0 fully saturated rings. The molecule has 1 unspecified atom stereocenters. The van der Waals surface area contributed by atoms with Gasteiger partial charge in [0.1, 0.15) is 0 Å². The summed E-state index contributed by atoms with van der Waals surface area (Å²) in [4.78, 5) is 13.7.